The molecular formula is C27H55NO2P+. The fourth-order valence-electron chi connectivity index (χ4n) is 4.65. The summed E-state index contributed by atoms with van der Waals surface area (Å²) in [7, 11) is 3.57. The topological polar surface area (TPSA) is 40.1 Å². The van der Waals surface area contributed by atoms with Crippen molar-refractivity contribution in [2.24, 2.45) is 0 Å². The highest BCUT2D eigenvalue weighted by Crippen LogP contribution is 2.44. The van der Waals surface area contributed by atoms with Crippen LogP contribution >= 0.6 is 8.03 Å². The Balaban J connectivity index is 3.57. The quantitative estimate of drug-likeness (QED) is 0.0709. The molecule has 2 atom stereocenters. The first-order chi connectivity index (χ1) is 14.8. The maximum absolute atomic E-state index is 11.9. The van der Waals surface area contributed by atoms with Crippen LogP contribution in [0.25, 0.3) is 0 Å². The number of rotatable bonds is 22. The van der Waals surface area contributed by atoms with Gasteiger partial charge < -0.3 is 4.89 Å². The van der Waals surface area contributed by atoms with E-state index in [1.807, 2.05) is 28.1 Å². The van der Waals surface area contributed by atoms with Crippen LogP contribution in [0.5, 0.6) is 0 Å². The van der Waals surface area contributed by atoms with Crippen molar-refractivity contribution < 1.29 is 13.9 Å². The van der Waals surface area contributed by atoms with Gasteiger partial charge in [0.25, 0.3) is 5.28 Å². The number of allylic oxidation sites excluding steroid dienone is 2. The second kappa shape index (κ2) is 19.2. The summed E-state index contributed by atoms with van der Waals surface area (Å²) in [5.41, 5.74) is 0. The number of unbranched alkanes of at least 4 members (excludes halogenated alkanes) is 15. The standard InChI is InChI=1S/C27H55NO2P/c1-6-8-9-10-11-12-13-14-15-16-17-18-19-20-21-22-23-24-25-26-27(7-2,31(29)30)28(3,4)5/h22-23H,6-21,24-26H2,1-5H3/q+1. The second-order valence-electron chi connectivity index (χ2n) is 10.4. The smallest absolute Gasteiger partial charge is 0.376 e. The first kappa shape index (κ1) is 30.8. The fourth-order valence-corrected chi connectivity index (χ4v) is 5.74. The number of quaternary nitrogens is 1. The van der Waals surface area contributed by atoms with E-state index in [2.05, 4.69) is 19.1 Å². The van der Waals surface area contributed by atoms with Gasteiger partial charge >= 0.3 is 8.03 Å². The van der Waals surface area contributed by atoms with Gasteiger partial charge in [0.05, 0.1) is 21.1 Å². The van der Waals surface area contributed by atoms with Crippen molar-refractivity contribution in [3.05, 3.63) is 12.2 Å². The van der Waals surface area contributed by atoms with Gasteiger partial charge in [0.1, 0.15) is 0 Å². The van der Waals surface area contributed by atoms with E-state index in [1.54, 1.807) is 0 Å². The van der Waals surface area contributed by atoms with Crippen molar-refractivity contribution >= 4 is 8.03 Å². The predicted octanol–water partition coefficient (Wildman–Crippen LogP) is 8.50. The van der Waals surface area contributed by atoms with Crippen LogP contribution in [-0.4, -0.2) is 30.9 Å². The summed E-state index contributed by atoms with van der Waals surface area (Å²) < 4.78 is 12.4. The monoisotopic (exact) mass is 456 g/mol. The third kappa shape index (κ3) is 14.5. The van der Waals surface area contributed by atoms with Crippen LogP contribution in [0.1, 0.15) is 136 Å². The molecule has 4 heteroatoms. The van der Waals surface area contributed by atoms with E-state index in [9.17, 15) is 9.46 Å². The molecule has 0 aromatic carbocycles. The zero-order chi connectivity index (χ0) is 23.4. The SMILES string of the molecule is CCCCCCCCCCCCCCCCC=CCCCC(CC)([P+](=O)[O-])[N+](C)(C)C. The van der Waals surface area contributed by atoms with E-state index >= 15 is 0 Å². The third-order valence-electron chi connectivity index (χ3n) is 6.99. The van der Waals surface area contributed by atoms with Gasteiger partial charge in [-0.15, -0.1) is 0 Å². The maximum Gasteiger partial charge on any atom is 0.376 e. The van der Waals surface area contributed by atoms with Gasteiger partial charge in [-0.25, -0.2) is 0 Å². The molecule has 0 saturated heterocycles. The average molecular weight is 457 g/mol. The first-order valence-electron chi connectivity index (χ1n) is 13.4. The van der Waals surface area contributed by atoms with Crippen LogP contribution in [0.4, 0.5) is 0 Å². The van der Waals surface area contributed by atoms with Crippen LogP contribution in [0.15, 0.2) is 12.2 Å². The molecule has 184 valence electrons. The molecule has 0 aliphatic rings. The summed E-state index contributed by atoms with van der Waals surface area (Å²) in [5.74, 6) is 0. The molecule has 3 nitrogen and oxygen atoms in total. The molecule has 0 rings (SSSR count). The van der Waals surface area contributed by atoms with Gasteiger partial charge in [-0.2, -0.15) is 0 Å². The number of hydrogen-bond acceptors (Lipinski definition) is 2. The molecule has 0 bridgehead atoms. The van der Waals surface area contributed by atoms with Crippen LogP contribution in [0, 0.1) is 0 Å². The molecular weight excluding hydrogens is 401 g/mol. The Morgan fingerprint density at radius 1 is 0.677 bits per heavy atom. The maximum atomic E-state index is 11.9. The first-order valence-corrected chi connectivity index (χ1v) is 14.6. The van der Waals surface area contributed by atoms with Crippen molar-refractivity contribution in [2.75, 3.05) is 21.1 Å². The van der Waals surface area contributed by atoms with Gasteiger partial charge in [-0.05, 0) is 25.7 Å². The van der Waals surface area contributed by atoms with Crippen molar-refractivity contribution in [3.63, 3.8) is 0 Å². The van der Waals surface area contributed by atoms with Crippen LogP contribution in [0.3, 0.4) is 0 Å². The van der Waals surface area contributed by atoms with E-state index < -0.39 is 13.3 Å². The molecule has 0 aromatic heterocycles. The Labute approximate surface area is 196 Å². The molecule has 0 spiro atoms. The molecule has 0 saturated carbocycles. The summed E-state index contributed by atoms with van der Waals surface area (Å²) >= 11 is 0. The van der Waals surface area contributed by atoms with Gasteiger partial charge in [-0.1, -0.05) is 114 Å². The Morgan fingerprint density at radius 3 is 1.42 bits per heavy atom. The molecule has 0 amide bonds. The lowest BCUT2D eigenvalue weighted by Gasteiger charge is -2.39. The Hall–Kier alpha value is -0.240. The van der Waals surface area contributed by atoms with Crippen LogP contribution in [-0.2, 0) is 4.57 Å². The van der Waals surface area contributed by atoms with Gasteiger partial charge in [0.2, 0.25) is 0 Å². The van der Waals surface area contributed by atoms with Gasteiger partial charge in [0.15, 0.2) is 0 Å². The highest BCUT2D eigenvalue weighted by Gasteiger charge is 2.52. The number of nitrogens with zero attached hydrogens (tertiary/aromatic N) is 1. The van der Waals surface area contributed by atoms with Crippen molar-refractivity contribution in [3.8, 4) is 0 Å². The molecule has 0 aromatic rings. The van der Waals surface area contributed by atoms with Crippen molar-refractivity contribution in [2.45, 2.75) is 141 Å². The van der Waals surface area contributed by atoms with E-state index in [1.165, 1.54) is 96.3 Å². The van der Waals surface area contributed by atoms with E-state index in [0.717, 1.165) is 19.3 Å². The fraction of sp³-hybridized carbons (Fsp3) is 0.926. The van der Waals surface area contributed by atoms with E-state index in [4.69, 9.17) is 0 Å². The molecule has 0 aliphatic carbocycles. The highest BCUT2D eigenvalue weighted by atomic mass is 31.1. The van der Waals surface area contributed by atoms with Crippen LogP contribution in [0.2, 0.25) is 0 Å². The van der Waals surface area contributed by atoms with E-state index in [-0.39, 0.29) is 0 Å². The molecule has 0 heterocycles. The van der Waals surface area contributed by atoms with E-state index in [0.29, 0.717) is 10.9 Å². The lowest BCUT2D eigenvalue weighted by molar-refractivity contribution is -0.910. The lowest BCUT2D eigenvalue weighted by Crippen LogP contribution is -2.55. The normalized spacial score (nSPS) is 14.8. The average Bonchev–Trinajstić information content (AvgIpc) is 2.71. The minimum Gasteiger partial charge on any atom is -0.590 e. The van der Waals surface area contributed by atoms with Crippen molar-refractivity contribution in [1.82, 2.24) is 0 Å². The predicted molar refractivity (Wildman–Crippen MR) is 137 cm³/mol. The molecule has 0 aliphatic heterocycles. The molecule has 31 heavy (non-hydrogen) atoms. The minimum absolute atomic E-state index is 0.491. The van der Waals surface area contributed by atoms with Gasteiger partial charge in [-0.3, -0.25) is 4.48 Å². The zero-order valence-corrected chi connectivity index (χ0v) is 22.7. The highest BCUT2D eigenvalue weighted by molar-refractivity contribution is 7.38. The molecule has 0 N–H and O–H groups in total. The summed E-state index contributed by atoms with van der Waals surface area (Å²) in [4.78, 5) is 11.9. The lowest BCUT2D eigenvalue weighted by atomic mass is 10.0. The molecule has 0 radical (unpaired) electrons. The molecule has 0 fully saturated rings. The minimum atomic E-state index is -2.43. The summed E-state index contributed by atoms with van der Waals surface area (Å²) in [6, 6.07) is 0. The Morgan fingerprint density at radius 2 is 1.06 bits per heavy atom. The summed E-state index contributed by atoms with van der Waals surface area (Å²) in [6.07, 6.45) is 28.8. The van der Waals surface area contributed by atoms with Crippen molar-refractivity contribution in [1.29, 1.82) is 0 Å². The number of hydrogen-bond donors (Lipinski definition) is 0. The summed E-state index contributed by atoms with van der Waals surface area (Å²) in [5, 5.41) is -0.627. The van der Waals surface area contributed by atoms with Gasteiger partial charge in [0, 0.05) is 12.8 Å². The Kier molecular flexibility index (Phi) is 19.1. The Bertz CT molecular complexity index is 459. The van der Waals surface area contributed by atoms with Crippen LogP contribution < -0.4 is 4.89 Å². The zero-order valence-electron chi connectivity index (χ0n) is 21.8. The summed E-state index contributed by atoms with van der Waals surface area (Å²) in [6.45, 7) is 4.28. The third-order valence-corrected chi connectivity index (χ3v) is 8.81. The molecule has 2 unspecified atom stereocenters. The second-order valence-corrected chi connectivity index (χ2v) is 11.7. The largest absolute Gasteiger partial charge is 0.590 e.